The molecule has 2 heterocycles. The minimum atomic E-state index is -0.151. The summed E-state index contributed by atoms with van der Waals surface area (Å²) in [5, 5.41) is 7.31. The Balaban J connectivity index is 1.93. The van der Waals surface area contributed by atoms with Crippen molar-refractivity contribution in [2.24, 2.45) is 0 Å². The summed E-state index contributed by atoms with van der Waals surface area (Å²) >= 11 is 0. The lowest BCUT2D eigenvalue weighted by atomic mass is 10.0. The van der Waals surface area contributed by atoms with Crippen LogP contribution in [0, 0.1) is 0 Å². The van der Waals surface area contributed by atoms with Crippen LogP contribution in [-0.4, -0.2) is 29.5 Å². The number of rotatable bonds is 2. The number of aromatic nitrogens is 1. The van der Waals surface area contributed by atoms with E-state index in [-0.39, 0.29) is 11.4 Å². The molecule has 98 valence electrons. The van der Waals surface area contributed by atoms with E-state index in [1.165, 1.54) is 0 Å². The van der Waals surface area contributed by atoms with E-state index in [1.807, 2.05) is 24.3 Å². The number of pyridine rings is 1. The van der Waals surface area contributed by atoms with Crippen LogP contribution in [0.15, 0.2) is 36.5 Å². The quantitative estimate of drug-likeness (QED) is 0.859. The van der Waals surface area contributed by atoms with Crippen molar-refractivity contribution in [2.45, 2.75) is 18.9 Å². The van der Waals surface area contributed by atoms with Crippen LogP contribution in [0.2, 0.25) is 0 Å². The van der Waals surface area contributed by atoms with Gasteiger partial charge in [0.1, 0.15) is 0 Å². The van der Waals surface area contributed by atoms with Crippen molar-refractivity contribution in [1.29, 1.82) is 0 Å². The van der Waals surface area contributed by atoms with Gasteiger partial charge in [0.2, 0.25) is 0 Å². The predicted molar refractivity (Wildman–Crippen MR) is 75.1 cm³/mol. The Morgan fingerprint density at radius 3 is 3.00 bits per heavy atom. The second-order valence-electron chi connectivity index (χ2n) is 5.32. The summed E-state index contributed by atoms with van der Waals surface area (Å²) in [5.41, 5.74) is 1.39. The zero-order valence-corrected chi connectivity index (χ0v) is 10.9. The standard InChI is InChI=1S/C15H17N3O/c1-15(7-9-16-10-15)18-14(19)12-6-8-17-13-5-3-2-4-11(12)13/h2-6,8,16H,7,9-10H2,1H3,(H,18,19). The molecule has 2 N–H and O–H groups in total. The summed E-state index contributed by atoms with van der Waals surface area (Å²) < 4.78 is 0. The number of benzene rings is 1. The SMILES string of the molecule is CC1(NC(=O)c2ccnc3ccccc23)CCNC1. The molecule has 1 amide bonds. The Bertz CT molecular complexity index is 612. The van der Waals surface area contributed by atoms with Crippen LogP contribution in [0.1, 0.15) is 23.7 Å². The topological polar surface area (TPSA) is 54.0 Å². The lowest BCUT2D eigenvalue weighted by Gasteiger charge is -2.24. The molecule has 1 aromatic carbocycles. The number of hydrogen-bond acceptors (Lipinski definition) is 3. The Kier molecular flexibility index (Phi) is 2.95. The fourth-order valence-electron chi connectivity index (χ4n) is 2.56. The molecular formula is C15H17N3O. The largest absolute Gasteiger partial charge is 0.346 e. The Hall–Kier alpha value is -1.94. The smallest absolute Gasteiger partial charge is 0.252 e. The molecule has 3 rings (SSSR count). The molecule has 4 nitrogen and oxygen atoms in total. The van der Waals surface area contributed by atoms with Crippen LogP contribution in [-0.2, 0) is 0 Å². The summed E-state index contributed by atoms with van der Waals surface area (Å²) in [5.74, 6) is -0.0233. The van der Waals surface area contributed by atoms with Gasteiger partial charge >= 0.3 is 0 Å². The van der Waals surface area contributed by atoms with E-state index in [2.05, 4.69) is 22.5 Å². The number of nitrogens with one attached hydrogen (secondary N) is 2. The van der Waals surface area contributed by atoms with E-state index >= 15 is 0 Å². The van der Waals surface area contributed by atoms with Gasteiger partial charge in [0, 0.05) is 18.1 Å². The third kappa shape index (κ3) is 2.31. The first-order valence-electron chi connectivity index (χ1n) is 6.55. The minimum Gasteiger partial charge on any atom is -0.346 e. The molecule has 1 fully saturated rings. The molecule has 19 heavy (non-hydrogen) atoms. The fraction of sp³-hybridized carbons (Fsp3) is 0.333. The number of amides is 1. The van der Waals surface area contributed by atoms with Crippen LogP contribution < -0.4 is 10.6 Å². The van der Waals surface area contributed by atoms with Crippen LogP contribution >= 0.6 is 0 Å². The van der Waals surface area contributed by atoms with Crippen molar-refractivity contribution in [2.75, 3.05) is 13.1 Å². The number of fused-ring (bicyclic) bond motifs is 1. The molecule has 0 radical (unpaired) electrons. The van der Waals surface area contributed by atoms with Crippen molar-refractivity contribution in [3.05, 3.63) is 42.1 Å². The summed E-state index contributed by atoms with van der Waals surface area (Å²) in [6, 6.07) is 9.50. The first-order valence-corrected chi connectivity index (χ1v) is 6.55. The molecule has 0 bridgehead atoms. The van der Waals surface area contributed by atoms with Gasteiger partial charge in [-0.15, -0.1) is 0 Å². The van der Waals surface area contributed by atoms with Crippen LogP contribution in [0.25, 0.3) is 10.9 Å². The zero-order chi connectivity index (χ0) is 13.3. The average Bonchev–Trinajstić information content (AvgIpc) is 2.84. The van der Waals surface area contributed by atoms with E-state index in [1.54, 1.807) is 12.3 Å². The highest BCUT2D eigenvalue weighted by Gasteiger charge is 2.30. The van der Waals surface area contributed by atoms with E-state index in [9.17, 15) is 4.79 Å². The molecular weight excluding hydrogens is 238 g/mol. The maximum atomic E-state index is 12.5. The molecule has 4 heteroatoms. The molecule has 1 aliphatic heterocycles. The molecule has 2 aromatic rings. The van der Waals surface area contributed by atoms with Gasteiger partial charge in [-0.25, -0.2) is 0 Å². The molecule has 1 aliphatic rings. The predicted octanol–water partition coefficient (Wildman–Crippen LogP) is 1.72. The van der Waals surface area contributed by atoms with E-state index < -0.39 is 0 Å². The monoisotopic (exact) mass is 255 g/mol. The van der Waals surface area contributed by atoms with Crippen LogP contribution in [0.3, 0.4) is 0 Å². The van der Waals surface area contributed by atoms with Crippen molar-refractivity contribution in [3.63, 3.8) is 0 Å². The zero-order valence-electron chi connectivity index (χ0n) is 10.9. The molecule has 0 saturated carbocycles. The molecule has 1 atom stereocenters. The molecule has 0 spiro atoms. The number of nitrogens with zero attached hydrogens (tertiary/aromatic N) is 1. The number of carbonyl (C=O) groups excluding carboxylic acids is 1. The highest BCUT2D eigenvalue weighted by atomic mass is 16.1. The third-order valence-electron chi connectivity index (χ3n) is 3.68. The van der Waals surface area contributed by atoms with E-state index in [0.29, 0.717) is 5.56 Å². The number of para-hydroxylation sites is 1. The van der Waals surface area contributed by atoms with Gasteiger partial charge in [-0.2, -0.15) is 0 Å². The van der Waals surface area contributed by atoms with E-state index in [4.69, 9.17) is 0 Å². The van der Waals surface area contributed by atoms with Gasteiger partial charge in [0.15, 0.2) is 0 Å². The summed E-state index contributed by atoms with van der Waals surface area (Å²) in [6.07, 6.45) is 2.65. The molecule has 0 aliphatic carbocycles. The highest BCUT2D eigenvalue weighted by Crippen LogP contribution is 2.19. The summed E-state index contributed by atoms with van der Waals surface area (Å²) in [6.45, 7) is 3.85. The lowest BCUT2D eigenvalue weighted by molar-refractivity contribution is 0.0914. The lowest BCUT2D eigenvalue weighted by Crippen LogP contribution is -2.47. The first-order chi connectivity index (χ1) is 9.18. The fourth-order valence-corrected chi connectivity index (χ4v) is 2.56. The summed E-state index contributed by atoms with van der Waals surface area (Å²) in [4.78, 5) is 16.7. The number of carbonyl (C=O) groups is 1. The van der Waals surface area contributed by atoms with Gasteiger partial charge in [0.25, 0.3) is 5.91 Å². The van der Waals surface area contributed by atoms with Crippen molar-refractivity contribution >= 4 is 16.8 Å². The highest BCUT2D eigenvalue weighted by molar-refractivity contribution is 6.06. The Morgan fingerprint density at radius 2 is 2.21 bits per heavy atom. The minimum absolute atomic E-state index is 0.0233. The first kappa shape index (κ1) is 12.1. The van der Waals surface area contributed by atoms with Crippen molar-refractivity contribution < 1.29 is 4.79 Å². The van der Waals surface area contributed by atoms with Gasteiger partial charge in [0.05, 0.1) is 16.6 Å². The van der Waals surface area contributed by atoms with Gasteiger partial charge < -0.3 is 10.6 Å². The Labute approximate surface area is 112 Å². The van der Waals surface area contributed by atoms with Crippen LogP contribution in [0.5, 0.6) is 0 Å². The summed E-state index contributed by atoms with van der Waals surface area (Å²) in [7, 11) is 0. The van der Waals surface area contributed by atoms with Crippen molar-refractivity contribution in [1.82, 2.24) is 15.6 Å². The van der Waals surface area contributed by atoms with Gasteiger partial charge in [-0.05, 0) is 32.0 Å². The third-order valence-corrected chi connectivity index (χ3v) is 3.68. The van der Waals surface area contributed by atoms with E-state index in [0.717, 1.165) is 30.4 Å². The van der Waals surface area contributed by atoms with Crippen LogP contribution in [0.4, 0.5) is 0 Å². The average molecular weight is 255 g/mol. The van der Waals surface area contributed by atoms with Gasteiger partial charge in [-0.1, -0.05) is 18.2 Å². The molecule has 1 saturated heterocycles. The second kappa shape index (κ2) is 4.63. The van der Waals surface area contributed by atoms with Gasteiger partial charge in [-0.3, -0.25) is 9.78 Å². The normalized spacial score (nSPS) is 22.6. The molecule has 1 unspecified atom stereocenters. The maximum absolute atomic E-state index is 12.5. The van der Waals surface area contributed by atoms with Crippen molar-refractivity contribution in [3.8, 4) is 0 Å². The number of hydrogen-bond donors (Lipinski definition) is 2. The maximum Gasteiger partial charge on any atom is 0.252 e. The molecule has 1 aromatic heterocycles. The Morgan fingerprint density at radius 1 is 1.37 bits per heavy atom. The second-order valence-corrected chi connectivity index (χ2v) is 5.32.